The summed E-state index contributed by atoms with van der Waals surface area (Å²) in [4.78, 5) is 13.6. The van der Waals surface area contributed by atoms with Crippen LogP contribution in [0.4, 0.5) is 5.69 Å². The number of nitrogens with one attached hydrogen (secondary N) is 1. The first kappa shape index (κ1) is 13.4. The highest BCUT2D eigenvalue weighted by molar-refractivity contribution is 6.31. The number of aryl methyl sites for hydroxylation is 1. The van der Waals surface area contributed by atoms with Gasteiger partial charge < -0.3 is 10.2 Å². The van der Waals surface area contributed by atoms with Gasteiger partial charge in [0, 0.05) is 17.8 Å². The molecule has 0 spiro atoms. The van der Waals surface area contributed by atoms with Gasteiger partial charge in [-0.3, -0.25) is 4.79 Å². The summed E-state index contributed by atoms with van der Waals surface area (Å²) in [5, 5.41) is 3.89. The molecule has 18 heavy (non-hydrogen) atoms. The molecule has 3 nitrogen and oxygen atoms in total. The number of carbonyl (C=O) groups excluding carboxylic acids is 1. The second kappa shape index (κ2) is 5.72. The fourth-order valence-electron chi connectivity index (χ4n) is 1.76. The van der Waals surface area contributed by atoms with E-state index in [0.717, 1.165) is 23.7 Å². The van der Waals surface area contributed by atoms with Crippen LogP contribution in [0, 0.1) is 12.8 Å². The molecule has 1 fully saturated rings. The first-order valence-corrected chi connectivity index (χ1v) is 6.69. The van der Waals surface area contributed by atoms with E-state index in [9.17, 15) is 4.79 Å². The van der Waals surface area contributed by atoms with Crippen molar-refractivity contribution in [3.05, 3.63) is 28.8 Å². The van der Waals surface area contributed by atoms with Crippen LogP contribution in [0.5, 0.6) is 0 Å². The maximum Gasteiger partial charge on any atom is 0.240 e. The van der Waals surface area contributed by atoms with Crippen LogP contribution in [0.2, 0.25) is 5.02 Å². The molecule has 1 aliphatic rings. The summed E-state index contributed by atoms with van der Waals surface area (Å²) < 4.78 is 0. The Hall–Kier alpha value is -1.06. The first-order valence-electron chi connectivity index (χ1n) is 6.31. The summed E-state index contributed by atoms with van der Waals surface area (Å²) >= 11 is 6.06. The highest BCUT2D eigenvalue weighted by Crippen LogP contribution is 2.27. The van der Waals surface area contributed by atoms with Crippen LogP contribution in [0.3, 0.4) is 0 Å². The molecule has 0 radical (unpaired) electrons. The third kappa shape index (κ3) is 3.47. The fraction of sp³-hybridized carbons (Fsp3) is 0.500. The van der Waals surface area contributed by atoms with Gasteiger partial charge in [0.2, 0.25) is 5.91 Å². The van der Waals surface area contributed by atoms with Crippen molar-refractivity contribution in [1.29, 1.82) is 0 Å². The van der Waals surface area contributed by atoms with E-state index in [1.165, 1.54) is 12.8 Å². The molecular formula is C14H19ClN2O. The summed E-state index contributed by atoms with van der Waals surface area (Å²) in [6, 6.07) is 5.68. The monoisotopic (exact) mass is 266 g/mol. The number of rotatable bonds is 5. The number of carbonyl (C=O) groups is 1. The Bertz CT molecular complexity index is 443. The third-order valence-corrected chi connectivity index (χ3v) is 3.73. The van der Waals surface area contributed by atoms with Crippen LogP contribution >= 0.6 is 11.6 Å². The van der Waals surface area contributed by atoms with Crippen LogP contribution in [-0.2, 0) is 4.79 Å². The molecule has 1 saturated carbocycles. The Labute approximate surface area is 113 Å². The van der Waals surface area contributed by atoms with E-state index < -0.39 is 0 Å². The van der Waals surface area contributed by atoms with Crippen molar-refractivity contribution < 1.29 is 4.79 Å². The number of benzene rings is 1. The lowest BCUT2D eigenvalue weighted by Gasteiger charge is -2.18. The van der Waals surface area contributed by atoms with Crippen molar-refractivity contribution in [2.75, 3.05) is 25.0 Å². The Morgan fingerprint density at radius 2 is 2.22 bits per heavy atom. The minimum atomic E-state index is 0.0653. The molecule has 98 valence electrons. The molecule has 1 N–H and O–H groups in total. The van der Waals surface area contributed by atoms with Crippen LogP contribution in [-0.4, -0.2) is 26.0 Å². The minimum Gasteiger partial charge on any atom is -0.314 e. The van der Waals surface area contributed by atoms with Crippen LogP contribution in [0.1, 0.15) is 18.4 Å². The van der Waals surface area contributed by atoms with E-state index in [0.29, 0.717) is 11.6 Å². The topological polar surface area (TPSA) is 32.3 Å². The minimum absolute atomic E-state index is 0.0653. The zero-order chi connectivity index (χ0) is 13.1. The van der Waals surface area contributed by atoms with Crippen molar-refractivity contribution in [2.24, 2.45) is 5.92 Å². The molecule has 1 aliphatic carbocycles. The van der Waals surface area contributed by atoms with Gasteiger partial charge in [-0.05, 0) is 49.9 Å². The second-order valence-corrected chi connectivity index (χ2v) is 5.37. The lowest BCUT2D eigenvalue weighted by molar-refractivity contribution is -0.117. The molecule has 0 aromatic heterocycles. The SMILES string of the molecule is Cc1ccc(N(C)C(=O)CNCC2CC2)cc1Cl. The molecule has 0 aliphatic heterocycles. The van der Waals surface area contributed by atoms with Gasteiger partial charge in [0.15, 0.2) is 0 Å². The van der Waals surface area contributed by atoms with Gasteiger partial charge in [-0.2, -0.15) is 0 Å². The van der Waals surface area contributed by atoms with E-state index in [-0.39, 0.29) is 5.91 Å². The zero-order valence-electron chi connectivity index (χ0n) is 10.9. The van der Waals surface area contributed by atoms with E-state index in [1.807, 2.05) is 25.1 Å². The summed E-state index contributed by atoms with van der Waals surface area (Å²) in [6.45, 7) is 3.29. The van der Waals surface area contributed by atoms with Crippen molar-refractivity contribution >= 4 is 23.2 Å². The third-order valence-electron chi connectivity index (χ3n) is 3.32. The lowest BCUT2D eigenvalue weighted by atomic mass is 10.2. The van der Waals surface area contributed by atoms with Gasteiger partial charge in [0.05, 0.1) is 6.54 Å². The Morgan fingerprint density at radius 3 is 2.83 bits per heavy atom. The van der Waals surface area contributed by atoms with Crippen LogP contribution < -0.4 is 10.2 Å². The van der Waals surface area contributed by atoms with Gasteiger partial charge in [0.25, 0.3) is 0 Å². The largest absolute Gasteiger partial charge is 0.314 e. The molecule has 0 saturated heterocycles. The first-order chi connectivity index (χ1) is 8.58. The van der Waals surface area contributed by atoms with Crippen molar-refractivity contribution in [1.82, 2.24) is 5.32 Å². The number of likely N-dealkylation sites (N-methyl/N-ethyl adjacent to an activating group) is 1. The summed E-state index contributed by atoms with van der Waals surface area (Å²) in [7, 11) is 1.78. The quantitative estimate of drug-likeness (QED) is 0.889. The molecule has 4 heteroatoms. The highest BCUT2D eigenvalue weighted by atomic mass is 35.5. The van der Waals surface area contributed by atoms with Crippen molar-refractivity contribution in [3.63, 3.8) is 0 Å². The number of hydrogen-bond donors (Lipinski definition) is 1. The predicted molar refractivity (Wildman–Crippen MR) is 75.2 cm³/mol. The molecule has 1 amide bonds. The van der Waals surface area contributed by atoms with Gasteiger partial charge in [-0.25, -0.2) is 0 Å². The molecule has 1 aromatic carbocycles. The Kier molecular flexibility index (Phi) is 4.25. The molecule has 2 rings (SSSR count). The van der Waals surface area contributed by atoms with E-state index in [4.69, 9.17) is 11.6 Å². The number of nitrogens with zero attached hydrogens (tertiary/aromatic N) is 1. The van der Waals surface area contributed by atoms with Gasteiger partial charge >= 0.3 is 0 Å². The summed E-state index contributed by atoms with van der Waals surface area (Å²) in [6.07, 6.45) is 2.59. The Balaban J connectivity index is 1.89. The smallest absolute Gasteiger partial charge is 0.240 e. The number of hydrogen-bond acceptors (Lipinski definition) is 2. The number of halogens is 1. The maximum absolute atomic E-state index is 12.0. The average Bonchev–Trinajstić information content (AvgIpc) is 3.15. The number of amides is 1. The molecule has 0 bridgehead atoms. The highest BCUT2D eigenvalue weighted by Gasteiger charge is 2.21. The molecule has 1 aromatic rings. The standard InChI is InChI=1S/C14H19ClN2O/c1-10-3-6-12(7-13(10)15)17(2)14(18)9-16-8-11-4-5-11/h3,6-7,11,16H,4-5,8-9H2,1-2H3. The second-order valence-electron chi connectivity index (χ2n) is 4.96. The average molecular weight is 267 g/mol. The van der Waals surface area contributed by atoms with Gasteiger partial charge in [-0.15, -0.1) is 0 Å². The lowest BCUT2D eigenvalue weighted by Crippen LogP contribution is -2.36. The fourth-order valence-corrected chi connectivity index (χ4v) is 1.93. The van der Waals surface area contributed by atoms with Crippen molar-refractivity contribution in [2.45, 2.75) is 19.8 Å². The zero-order valence-corrected chi connectivity index (χ0v) is 11.6. The number of anilines is 1. The maximum atomic E-state index is 12.0. The normalized spacial score (nSPS) is 14.6. The Morgan fingerprint density at radius 1 is 1.50 bits per heavy atom. The molecular weight excluding hydrogens is 248 g/mol. The molecule has 0 unspecified atom stereocenters. The van der Waals surface area contributed by atoms with Crippen LogP contribution in [0.25, 0.3) is 0 Å². The summed E-state index contributed by atoms with van der Waals surface area (Å²) in [5.41, 5.74) is 1.86. The van der Waals surface area contributed by atoms with Gasteiger partial charge in [-0.1, -0.05) is 17.7 Å². The van der Waals surface area contributed by atoms with E-state index >= 15 is 0 Å². The predicted octanol–water partition coefficient (Wildman–Crippen LogP) is 2.61. The van der Waals surface area contributed by atoms with Gasteiger partial charge in [0.1, 0.15) is 0 Å². The summed E-state index contributed by atoms with van der Waals surface area (Å²) in [5.74, 6) is 0.854. The van der Waals surface area contributed by atoms with Crippen LogP contribution in [0.15, 0.2) is 18.2 Å². The van der Waals surface area contributed by atoms with E-state index in [2.05, 4.69) is 5.32 Å². The van der Waals surface area contributed by atoms with E-state index in [1.54, 1.807) is 11.9 Å². The molecule has 0 atom stereocenters. The molecule has 0 heterocycles. The van der Waals surface area contributed by atoms with Crippen molar-refractivity contribution in [3.8, 4) is 0 Å².